The molecule has 1 aliphatic rings. The van der Waals surface area contributed by atoms with E-state index < -0.39 is 10.0 Å². The van der Waals surface area contributed by atoms with Crippen LogP contribution in [0.4, 0.5) is 0 Å². The van der Waals surface area contributed by atoms with Gasteiger partial charge in [-0.25, -0.2) is 13.6 Å². The standard InChI is InChI=1S/C12H19N3O3S/c1-12(2,8-4-5-8)14-11(16)10-6-9(7-15(10)3)19(13,17)18/h6-8H,4-5H2,1-3H3,(H,14,16)(H2,13,17,18). The number of amides is 1. The average molecular weight is 285 g/mol. The van der Waals surface area contributed by atoms with Crippen LogP contribution in [0.5, 0.6) is 0 Å². The number of nitrogens with zero attached hydrogens (tertiary/aromatic N) is 1. The number of hydrogen-bond acceptors (Lipinski definition) is 3. The van der Waals surface area contributed by atoms with E-state index in [1.807, 2.05) is 13.8 Å². The maximum absolute atomic E-state index is 12.2. The predicted octanol–water partition coefficient (Wildman–Crippen LogP) is 0.591. The Morgan fingerprint density at radius 3 is 2.47 bits per heavy atom. The number of hydrogen-bond donors (Lipinski definition) is 2. The zero-order valence-electron chi connectivity index (χ0n) is 11.3. The van der Waals surface area contributed by atoms with E-state index in [4.69, 9.17) is 5.14 Å². The molecule has 1 aromatic heterocycles. The third-order valence-electron chi connectivity index (χ3n) is 3.57. The van der Waals surface area contributed by atoms with Gasteiger partial charge in [-0.3, -0.25) is 4.79 Å². The zero-order chi connectivity index (χ0) is 14.4. The fourth-order valence-electron chi connectivity index (χ4n) is 2.18. The van der Waals surface area contributed by atoms with Gasteiger partial charge in [-0.15, -0.1) is 0 Å². The Hall–Kier alpha value is -1.34. The monoisotopic (exact) mass is 285 g/mol. The molecule has 1 heterocycles. The minimum atomic E-state index is -3.79. The van der Waals surface area contributed by atoms with E-state index in [2.05, 4.69) is 5.32 Å². The molecule has 1 aliphatic carbocycles. The second-order valence-corrected chi connectivity index (χ2v) is 7.23. The van der Waals surface area contributed by atoms with Crippen molar-refractivity contribution in [1.29, 1.82) is 0 Å². The van der Waals surface area contributed by atoms with Gasteiger partial charge in [-0.2, -0.15) is 0 Å². The Balaban J connectivity index is 2.22. The van der Waals surface area contributed by atoms with Gasteiger partial charge in [0.1, 0.15) is 10.6 Å². The molecule has 0 unspecified atom stereocenters. The summed E-state index contributed by atoms with van der Waals surface area (Å²) in [5.74, 6) is 0.212. The maximum Gasteiger partial charge on any atom is 0.268 e. The van der Waals surface area contributed by atoms with Gasteiger partial charge >= 0.3 is 0 Å². The van der Waals surface area contributed by atoms with Crippen molar-refractivity contribution in [2.75, 3.05) is 0 Å². The molecule has 1 fully saturated rings. The largest absolute Gasteiger partial charge is 0.346 e. The molecule has 3 N–H and O–H groups in total. The van der Waals surface area contributed by atoms with Crippen LogP contribution in [-0.4, -0.2) is 24.4 Å². The Bertz CT molecular complexity index is 612. The Morgan fingerprint density at radius 1 is 1.47 bits per heavy atom. The van der Waals surface area contributed by atoms with E-state index >= 15 is 0 Å². The molecule has 0 radical (unpaired) electrons. The van der Waals surface area contributed by atoms with Crippen molar-refractivity contribution in [1.82, 2.24) is 9.88 Å². The van der Waals surface area contributed by atoms with Crippen LogP contribution in [0.3, 0.4) is 0 Å². The van der Waals surface area contributed by atoms with E-state index in [0.717, 1.165) is 12.8 Å². The van der Waals surface area contributed by atoms with Crippen LogP contribution in [0.15, 0.2) is 17.2 Å². The predicted molar refractivity (Wildman–Crippen MR) is 71.1 cm³/mol. The van der Waals surface area contributed by atoms with E-state index in [0.29, 0.717) is 5.92 Å². The zero-order valence-corrected chi connectivity index (χ0v) is 12.1. The summed E-state index contributed by atoms with van der Waals surface area (Å²) in [6, 6.07) is 1.30. The molecule has 1 aromatic rings. The van der Waals surface area contributed by atoms with Crippen molar-refractivity contribution >= 4 is 15.9 Å². The lowest BCUT2D eigenvalue weighted by atomic mass is 9.98. The van der Waals surface area contributed by atoms with Crippen LogP contribution < -0.4 is 10.5 Å². The number of carbonyl (C=O) groups excluding carboxylic acids is 1. The minimum absolute atomic E-state index is 0.0515. The molecule has 0 spiro atoms. The first-order valence-electron chi connectivity index (χ1n) is 6.13. The number of aromatic nitrogens is 1. The quantitative estimate of drug-likeness (QED) is 0.847. The molecule has 19 heavy (non-hydrogen) atoms. The van der Waals surface area contributed by atoms with Gasteiger partial charge in [-0.05, 0) is 38.7 Å². The van der Waals surface area contributed by atoms with Crippen molar-refractivity contribution in [3.8, 4) is 0 Å². The first-order chi connectivity index (χ1) is 8.61. The number of carbonyl (C=O) groups is 1. The minimum Gasteiger partial charge on any atom is -0.346 e. The number of nitrogens with two attached hydrogens (primary N) is 1. The number of nitrogens with one attached hydrogen (secondary N) is 1. The third-order valence-corrected chi connectivity index (χ3v) is 4.46. The highest BCUT2D eigenvalue weighted by Gasteiger charge is 2.39. The molecule has 6 nitrogen and oxygen atoms in total. The summed E-state index contributed by atoms with van der Waals surface area (Å²) in [5.41, 5.74) is 0.0149. The van der Waals surface area contributed by atoms with E-state index in [9.17, 15) is 13.2 Å². The summed E-state index contributed by atoms with van der Waals surface area (Å²) in [5, 5.41) is 8.00. The van der Waals surface area contributed by atoms with Crippen LogP contribution in [0, 0.1) is 5.92 Å². The van der Waals surface area contributed by atoms with Gasteiger partial charge in [0.25, 0.3) is 5.91 Å². The summed E-state index contributed by atoms with van der Waals surface area (Å²) >= 11 is 0. The van der Waals surface area contributed by atoms with Crippen molar-refractivity contribution in [3.05, 3.63) is 18.0 Å². The fraction of sp³-hybridized carbons (Fsp3) is 0.583. The molecule has 7 heteroatoms. The molecular formula is C12H19N3O3S. The summed E-state index contributed by atoms with van der Waals surface area (Å²) in [4.78, 5) is 12.1. The molecule has 0 atom stereocenters. The number of aryl methyl sites for hydroxylation is 1. The van der Waals surface area contributed by atoms with Crippen molar-refractivity contribution in [2.24, 2.45) is 18.1 Å². The van der Waals surface area contributed by atoms with E-state index in [-0.39, 0.29) is 22.0 Å². The van der Waals surface area contributed by atoms with Crippen molar-refractivity contribution in [3.63, 3.8) is 0 Å². The molecule has 0 aromatic carbocycles. The van der Waals surface area contributed by atoms with Crippen LogP contribution in [0.2, 0.25) is 0 Å². The van der Waals surface area contributed by atoms with Crippen molar-refractivity contribution in [2.45, 2.75) is 37.1 Å². The van der Waals surface area contributed by atoms with Gasteiger partial charge in [0, 0.05) is 18.8 Å². The smallest absolute Gasteiger partial charge is 0.268 e. The molecule has 0 bridgehead atoms. The first-order valence-corrected chi connectivity index (χ1v) is 7.67. The Labute approximate surface area is 113 Å². The average Bonchev–Trinajstić information content (AvgIpc) is 3.00. The maximum atomic E-state index is 12.2. The molecule has 1 amide bonds. The molecule has 0 saturated heterocycles. The lowest BCUT2D eigenvalue weighted by molar-refractivity contribution is 0.0895. The van der Waals surface area contributed by atoms with Gasteiger partial charge in [0.05, 0.1) is 0 Å². The highest BCUT2D eigenvalue weighted by molar-refractivity contribution is 7.89. The Kier molecular flexibility index (Phi) is 3.22. The molecule has 1 saturated carbocycles. The Morgan fingerprint density at radius 2 is 2.05 bits per heavy atom. The SMILES string of the molecule is Cn1cc(S(N)(=O)=O)cc1C(=O)NC(C)(C)C1CC1. The lowest BCUT2D eigenvalue weighted by Crippen LogP contribution is -2.45. The second kappa shape index (κ2) is 4.35. The second-order valence-electron chi connectivity index (χ2n) is 5.67. The van der Waals surface area contributed by atoms with E-state index in [1.165, 1.54) is 16.8 Å². The molecular weight excluding hydrogens is 266 g/mol. The number of sulfonamides is 1. The molecule has 0 aliphatic heterocycles. The van der Waals surface area contributed by atoms with Crippen LogP contribution >= 0.6 is 0 Å². The highest BCUT2D eigenvalue weighted by Crippen LogP contribution is 2.39. The van der Waals surface area contributed by atoms with Crippen LogP contribution in [0.25, 0.3) is 0 Å². The van der Waals surface area contributed by atoms with Crippen molar-refractivity contribution < 1.29 is 13.2 Å². The summed E-state index contributed by atoms with van der Waals surface area (Å²) in [6.07, 6.45) is 3.57. The first kappa shape index (κ1) is 14.1. The van der Waals surface area contributed by atoms with Crippen LogP contribution in [-0.2, 0) is 17.1 Å². The van der Waals surface area contributed by atoms with E-state index in [1.54, 1.807) is 7.05 Å². The lowest BCUT2D eigenvalue weighted by Gasteiger charge is -2.26. The third kappa shape index (κ3) is 2.98. The summed E-state index contributed by atoms with van der Waals surface area (Å²) < 4.78 is 24.0. The summed E-state index contributed by atoms with van der Waals surface area (Å²) in [7, 11) is -2.17. The summed E-state index contributed by atoms with van der Waals surface area (Å²) in [6.45, 7) is 3.96. The number of rotatable bonds is 4. The van der Waals surface area contributed by atoms with Gasteiger partial charge in [0.2, 0.25) is 10.0 Å². The van der Waals surface area contributed by atoms with Gasteiger partial charge in [0.15, 0.2) is 0 Å². The topological polar surface area (TPSA) is 94.2 Å². The van der Waals surface area contributed by atoms with Crippen LogP contribution in [0.1, 0.15) is 37.2 Å². The normalized spacial score (nSPS) is 16.4. The van der Waals surface area contributed by atoms with Gasteiger partial charge in [-0.1, -0.05) is 0 Å². The number of primary sulfonamides is 1. The fourth-order valence-corrected chi connectivity index (χ4v) is 2.76. The van der Waals surface area contributed by atoms with Gasteiger partial charge < -0.3 is 9.88 Å². The highest BCUT2D eigenvalue weighted by atomic mass is 32.2. The molecule has 106 valence electrons. The molecule has 2 rings (SSSR count).